The summed E-state index contributed by atoms with van der Waals surface area (Å²) in [6, 6.07) is 20.3. The van der Waals surface area contributed by atoms with Crippen molar-refractivity contribution in [3.05, 3.63) is 103 Å². The minimum absolute atomic E-state index is 0.138. The zero-order valence-electron chi connectivity index (χ0n) is 28.5. The molecule has 3 atom stereocenters. The maximum Gasteiger partial charge on any atom is 0.338 e. The van der Waals surface area contributed by atoms with Crippen molar-refractivity contribution in [2.24, 2.45) is 0 Å². The van der Waals surface area contributed by atoms with Crippen LogP contribution in [0.4, 0.5) is 0 Å². The second-order valence-corrected chi connectivity index (χ2v) is 14.8. The molecule has 0 N–H and O–H groups in total. The highest BCUT2D eigenvalue weighted by Gasteiger charge is 2.32. The summed E-state index contributed by atoms with van der Waals surface area (Å²) in [5, 5.41) is 0. The molecule has 0 spiro atoms. The van der Waals surface area contributed by atoms with E-state index in [4.69, 9.17) is 18.9 Å². The van der Waals surface area contributed by atoms with Gasteiger partial charge in [-0.05, 0) is 98.5 Å². The van der Waals surface area contributed by atoms with Crippen LogP contribution in [0.15, 0.2) is 86.2 Å². The number of benzene rings is 3. The number of esters is 4. The van der Waals surface area contributed by atoms with E-state index < -0.39 is 42.2 Å². The maximum absolute atomic E-state index is 13.5. The summed E-state index contributed by atoms with van der Waals surface area (Å²) in [6.45, 7) is 2.19. The standard InChI is InChI=1S/C39H45Br3O8/c1-3-4-5-6-7-8-9-10-11-34(49-38(45)28-14-20-31(41)21-15-28)35(50-39(46)29-16-22-32(42)23-17-29)25-24-33(26-36(43)47-2)48-37(44)27-12-18-30(40)19-13-27/h12-23,33-35H,3-11,24-26H2,1-2H3/t33-,34+,35+/m1/s1. The van der Waals surface area contributed by atoms with Gasteiger partial charge in [0, 0.05) is 13.4 Å². The third-order valence-corrected chi connectivity index (χ3v) is 9.77. The molecule has 0 amide bonds. The lowest BCUT2D eigenvalue weighted by molar-refractivity contribution is -0.143. The molecule has 0 aliphatic rings. The van der Waals surface area contributed by atoms with Crippen molar-refractivity contribution in [2.75, 3.05) is 7.11 Å². The van der Waals surface area contributed by atoms with Gasteiger partial charge in [0.2, 0.25) is 0 Å². The normalized spacial score (nSPS) is 12.7. The van der Waals surface area contributed by atoms with Gasteiger partial charge in [0.25, 0.3) is 0 Å². The van der Waals surface area contributed by atoms with Crippen LogP contribution in [0.25, 0.3) is 0 Å². The van der Waals surface area contributed by atoms with Gasteiger partial charge in [-0.2, -0.15) is 0 Å². The number of methoxy groups -OCH3 is 1. The molecule has 0 saturated carbocycles. The number of halogens is 3. The Labute approximate surface area is 320 Å². The fourth-order valence-electron chi connectivity index (χ4n) is 5.33. The van der Waals surface area contributed by atoms with Crippen LogP contribution < -0.4 is 0 Å². The van der Waals surface area contributed by atoms with Crippen molar-refractivity contribution in [3.8, 4) is 0 Å². The highest BCUT2D eigenvalue weighted by molar-refractivity contribution is 9.11. The van der Waals surface area contributed by atoms with Gasteiger partial charge in [-0.25, -0.2) is 14.4 Å². The first kappa shape index (κ1) is 41.4. The van der Waals surface area contributed by atoms with Crippen LogP contribution in [0.1, 0.15) is 115 Å². The fraction of sp³-hybridized carbons (Fsp3) is 0.436. The van der Waals surface area contributed by atoms with Crippen LogP contribution in [0, 0.1) is 0 Å². The molecule has 0 radical (unpaired) electrons. The predicted octanol–water partition coefficient (Wildman–Crippen LogP) is 10.8. The molecule has 0 aliphatic heterocycles. The minimum Gasteiger partial charge on any atom is -0.469 e. The average molecular weight is 881 g/mol. The number of unbranched alkanes of at least 4 members (excludes halogenated alkanes) is 7. The first-order chi connectivity index (χ1) is 24.1. The maximum atomic E-state index is 13.5. The highest BCUT2D eigenvalue weighted by Crippen LogP contribution is 2.25. The lowest BCUT2D eigenvalue weighted by Gasteiger charge is -2.28. The molecule has 0 heterocycles. The lowest BCUT2D eigenvalue weighted by Crippen LogP contribution is -2.37. The Morgan fingerprint density at radius 1 is 0.520 bits per heavy atom. The lowest BCUT2D eigenvalue weighted by atomic mass is 9.98. The first-order valence-corrected chi connectivity index (χ1v) is 19.4. The van der Waals surface area contributed by atoms with Crippen molar-refractivity contribution >= 4 is 71.7 Å². The summed E-state index contributed by atoms with van der Waals surface area (Å²) in [5.74, 6) is -2.29. The summed E-state index contributed by atoms with van der Waals surface area (Å²) in [4.78, 5) is 52.4. The number of ether oxygens (including phenoxy) is 4. The van der Waals surface area contributed by atoms with Crippen LogP contribution in [-0.4, -0.2) is 49.3 Å². The molecule has 3 aromatic rings. The molecule has 0 aromatic heterocycles. The van der Waals surface area contributed by atoms with Crippen LogP contribution in [0.5, 0.6) is 0 Å². The Balaban J connectivity index is 1.86. The van der Waals surface area contributed by atoms with E-state index in [1.165, 1.54) is 32.8 Å². The van der Waals surface area contributed by atoms with Crippen molar-refractivity contribution < 1.29 is 38.1 Å². The first-order valence-electron chi connectivity index (χ1n) is 17.1. The zero-order chi connectivity index (χ0) is 36.3. The molecule has 270 valence electrons. The van der Waals surface area contributed by atoms with E-state index in [1.807, 2.05) is 0 Å². The molecule has 0 aliphatic carbocycles. The Morgan fingerprint density at radius 2 is 0.900 bits per heavy atom. The van der Waals surface area contributed by atoms with Gasteiger partial charge in [-0.15, -0.1) is 0 Å². The highest BCUT2D eigenvalue weighted by atomic mass is 79.9. The third-order valence-electron chi connectivity index (χ3n) is 8.18. The molecule has 0 saturated heterocycles. The summed E-state index contributed by atoms with van der Waals surface area (Å²) >= 11 is 10.2. The van der Waals surface area contributed by atoms with Crippen molar-refractivity contribution in [2.45, 2.75) is 102 Å². The van der Waals surface area contributed by atoms with Gasteiger partial charge in [0.15, 0.2) is 0 Å². The predicted molar refractivity (Wildman–Crippen MR) is 203 cm³/mol. The number of carbonyl (C=O) groups is 4. The molecule has 0 unspecified atom stereocenters. The minimum atomic E-state index is -0.901. The monoisotopic (exact) mass is 878 g/mol. The Hall–Kier alpha value is -3.02. The molecular formula is C39H45Br3O8. The van der Waals surface area contributed by atoms with E-state index in [9.17, 15) is 19.2 Å². The van der Waals surface area contributed by atoms with E-state index in [0.717, 1.165) is 39.1 Å². The van der Waals surface area contributed by atoms with E-state index in [1.54, 1.807) is 72.8 Å². The van der Waals surface area contributed by atoms with Crippen molar-refractivity contribution in [1.82, 2.24) is 0 Å². The van der Waals surface area contributed by atoms with Crippen molar-refractivity contribution in [1.29, 1.82) is 0 Å². The summed E-state index contributed by atoms with van der Waals surface area (Å²) < 4.78 is 25.3. The average Bonchev–Trinajstić information content (AvgIpc) is 3.11. The van der Waals surface area contributed by atoms with Crippen molar-refractivity contribution in [3.63, 3.8) is 0 Å². The number of carbonyl (C=O) groups excluding carboxylic acids is 4. The molecule has 0 bridgehead atoms. The van der Waals surface area contributed by atoms with Gasteiger partial charge in [0.05, 0.1) is 30.2 Å². The topological polar surface area (TPSA) is 105 Å². The molecule has 11 heteroatoms. The molecule has 0 fully saturated rings. The van der Waals surface area contributed by atoms with Crippen LogP contribution in [0.3, 0.4) is 0 Å². The smallest absolute Gasteiger partial charge is 0.338 e. The molecule has 50 heavy (non-hydrogen) atoms. The summed E-state index contributed by atoms with van der Waals surface area (Å²) in [6.07, 6.45) is 6.63. The molecule has 3 rings (SSSR count). The van der Waals surface area contributed by atoms with E-state index in [2.05, 4.69) is 54.7 Å². The van der Waals surface area contributed by atoms with Gasteiger partial charge >= 0.3 is 23.9 Å². The zero-order valence-corrected chi connectivity index (χ0v) is 33.3. The van der Waals surface area contributed by atoms with E-state index >= 15 is 0 Å². The van der Waals surface area contributed by atoms with Crippen LogP contribution in [0.2, 0.25) is 0 Å². The Bertz CT molecular complexity index is 1490. The van der Waals surface area contributed by atoms with Gasteiger partial charge in [0.1, 0.15) is 18.3 Å². The third kappa shape index (κ3) is 15.1. The quantitative estimate of drug-likeness (QED) is 0.0592. The molecule has 8 nitrogen and oxygen atoms in total. The van der Waals surface area contributed by atoms with Gasteiger partial charge < -0.3 is 18.9 Å². The SMILES string of the molecule is CCCCCCCCCC[C@H](OC(=O)c1ccc(Br)cc1)[C@H](CC[C@H](CC(=O)OC)OC(=O)c1ccc(Br)cc1)OC(=O)c1ccc(Br)cc1. The Kier molecular flexibility index (Phi) is 18.8. The van der Waals surface area contributed by atoms with Crippen LogP contribution in [-0.2, 0) is 23.7 Å². The van der Waals surface area contributed by atoms with E-state index in [-0.39, 0.29) is 19.3 Å². The summed E-state index contributed by atoms with van der Waals surface area (Å²) in [5.41, 5.74) is 1.01. The molecule has 3 aromatic carbocycles. The fourth-order valence-corrected chi connectivity index (χ4v) is 6.12. The number of hydrogen-bond acceptors (Lipinski definition) is 8. The Morgan fingerprint density at radius 3 is 1.32 bits per heavy atom. The van der Waals surface area contributed by atoms with Crippen LogP contribution >= 0.6 is 47.8 Å². The second-order valence-electron chi connectivity index (χ2n) is 12.1. The second kappa shape index (κ2) is 22.7. The number of hydrogen-bond donors (Lipinski definition) is 0. The molecular weight excluding hydrogens is 836 g/mol. The summed E-state index contributed by atoms with van der Waals surface area (Å²) in [7, 11) is 1.26. The number of rotatable bonds is 21. The van der Waals surface area contributed by atoms with Gasteiger partial charge in [-0.3, -0.25) is 4.79 Å². The largest absolute Gasteiger partial charge is 0.469 e. The van der Waals surface area contributed by atoms with E-state index in [0.29, 0.717) is 23.1 Å². The van der Waals surface area contributed by atoms with Gasteiger partial charge in [-0.1, -0.05) is 99.7 Å².